The Morgan fingerprint density at radius 3 is 2.44 bits per heavy atom. The Morgan fingerprint density at radius 2 is 1.89 bits per heavy atom. The van der Waals surface area contributed by atoms with E-state index in [1.54, 1.807) is 0 Å². The van der Waals surface area contributed by atoms with Crippen molar-refractivity contribution in [3.05, 3.63) is 53.3 Å². The second-order valence-electron chi connectivity index (χ2n) is 4.52. The smallest absolute Gasteiger partial charge is 0.0831 e. The predicted molar refractivity (Wildman–Crippen MR) is 72.4 cm³/mol. The number of hydrogen-bond donors (Lipinski definition) is 1. The van der Waals surface area contributed by atoms with Gasteiger partial charge < -0.3 is 5.11 Å². The Balaban J connectivity index is 2.03. The number of aliphatic hydroxyl groups is 1. The highest BCUT2D eigenvalue weighted by atomic mass is 16.3. The largest absolute Gasteiger partial charge is 0.388 e. The van der Waals surface area contributed by atoms with Gasteiger partial charge in [0.1, 0.15) is 0 Å². The van der Waals surface area contributed by atoms with Gasteiger partial charge in [-0.3, -0.25) is 4.68 Å². The van der Waals surface area contributed by atoms with E-state index in [4.69, 9.17) is 0 Å². The van der Waals surface area contributed by atoms with Gasteiger partial charge in [0.05, 0.1) is 12.3 Å². The number of aliphatic hydroxyl groups excluding tert-OH is 1. The molecule has 0 spiro atoms. The van der Waals surface area contributed by atoms with Gasteiger partial charge in [-0.25, -0.2) is 0 Å². The second kappa shape index (κ2) is 5.83. The number of rotatable bonds is 5. The molecule has 0 fully saturated rings. The first-order chi connectivity index (χ1) is 8.72. The second-order valence-corrected chi connectivity index (χ2v) is 4.52. The van der Waals surface area contributed by atoms with Crippen LogP contribution >= 0.6 is 0 Å². The van der Waals surface area contributed by atoms with Crippen LogP contribution < -0.4 is 0 Å². The molecule has 3 nitrogen and oxygen atoms in total. The lowest BCUT2D eigenvalue weighted by atomic mass is 10.0. The van der Waals surface area contributed by atoms with Crippen LogP contribution in [0.5, 0.6) is 0 Å². The zero-order chi connectivity index (χ0) is 13.0. The summed E-state index contributed by atoms with van der Waals surface area (Å²) in [5, 5.41) is 14.4. The van der Waals surface area contributed by atoms with Crippen molar-refractivity contribution in [3.8, 4) is 0 Å². The van der Waals surface area contributed by atoms with Crippen molar-refractivity contribution in [2.45, 2.75) is 39.3 Å². The summed E-state index contributed by atoms with van der Waals surface area (Å²) in [6, 6.07) is 8.17. The third-order valence-electron chi connectivity index (χ3n) is 3.21. The standard InChI is InChI=1S/C15H20N2O/c1-3-12-5-7-14(8-6-12)15(18)9-13-10-16-17(4-2)11-13/h5-8,10-11,15,18H,3-4,9H2,1-2H3. The molecule has 2 rings (SSSR count). The van der Waals surface area contributed by atoms with Crippen molar-refractivity contribution in [2.75, 3.05) is 0 Å². The van der Waals surface area contributed by atoms with Crippen LogP contribution in [0.15, 0.2) is 36.7 Å². The van der Waals surface area contributed by atoms with Crippen molar-refractivity contribution in [1.29, 1.82) is 0 Å². The molecule has 0 saturated carbocycles. The summed E-state index contributed by atoms with van der Waals surface area (Å²) in [5.74, 6) is 0. The normalized spacial score (nSPS) is 12.6. The Morgan fingerprint density at radius 1 is 1.17 bits per heavy atom. The average Bonchev–Trinajstić information content (AvgIpc) is 2.86. The maximum absolute atomic E-state index is 10.2. The van der Waals surface area contributed by atoms with Crippen LogP contribution in [0, 0.1) is 0 Å². The van der Waals surface area contributed by atoms with Gasteiger partial charge in [0.15, 0.2) is 0 Å². The van der Waals surface area contributed by atoms with Gasteiger partial charge in [-0.05, 0) is 30.0 Å². The van der Waals surface area contributed by atoms with Crippen molar-refractivity contribution in [2.24, 2.45) is 0 Å². The van der Waals surface area contributed by atoms with Crippen molar-refractivity contribution in [1.82, 2.24) is 9.78 Å². The van der Waals surface area contributed by atoms with Crippen molar-refractivity contribution in [3.63, 3.8) is 0 Å². The molecule has 0 amide bonds. The summed E-state index contributed by atoms with van der Waals surface area (Å²) in [6.07, 6.45) is 5.01. The summed E-state index contributed by atoms with van der Waals surface area (Å²) < 4.78 is 1.88. The quantitative estimate of drug-likeness (QED) is 0.878. The van der Waals surface area contributed by atoms with Crippen LogP contribution in [0.25, 0.3) is 0 Å². The molecule has 3 heteroatoms. The van der Waals surface area contributed by atoms with E-state index < -0.39 is 6.10 Å². The maximum atomic E-state index is 10.2. The first-order valence-electron chi connectivity index (χ1n) is 6.51. The van der Waals surface area contributed by atoms with E-state index in [-0.39, 0.29) is 0 Å². The number of nitrogens with zero attached hydrogens (tertiary/aromatic N) is 2. The Labute approximate surface area is 108 Å². The molecule has 0 aliphatic carbocycles. The highest BCUT2D eigenvalue weighted by Gasteiger charge is 2.09. The molecule has 0 saturated heterocycles. The molecule has 0 radical (unpaired) electrons. The summed E-state index contributed by atoms with van der Waals surface area (Å²) in [7, 11) is 0. The zero-order valence-electron chi connectivity index (χ0n) is 11.0. The molecule has 18 heavy (non-hydrogen) atoms. The van der Waals surface area contributed by atoms with Gasteiger partial charge in [0, 0.05) is 19.2 Å². The number of benzene rings is 1. The molecule has 96 valence electrons. The van der Waals surface area contributed by atoms with E-state index in [0.29, 0.717) is 6.42 Å². The molecule has 1 N–H and O–H groups in total. The number of aryl methyl sites for hydroxylation is 2. The lowest BCUT2D eigenvalue weighted by Crippen LogP contribution is -2.01. The maximum Gasteiger partial charge on any atom is 0.0831 e. The summed E-state index contributed by atoms with van der Waals surface area (Å²) in [4.78, 5) is 0. The van der Waals surface area contributed by atoms with Gasteiger partial charge in [-0.2, -0.15) is 5.10 Å². The monoisotopic (exact) mass is 244 g/mol. The number of aromatic nitrogens is 2. The zero-order valence-corrected chi connectivity index (χ0v) is 11.0. The fourth-order valence-electron chi connectivity index (χ4n) is 2.00. The topological polar surface area (TPSA) is 38.1 Å². The molecule has 1 unspecified atom stereocenters. The van der Waals surface area contributed by atoms with Crippen LogP contribution in [0.1, 0.15) is 36.6 Å². The van der Waals surface area contributed by atoms with Gasteiger partial charge in [0.25, 0.3) is 0 Å². The van der Waals surface area contributed by atoms with Crippen molar-refractivity contribution < 1.29 is 5.11 Å². The molecule has 0 aliphatic heterocycles. The SMILES string of the molecule is CCc1ccc(C(O)Cc2cnn(CC)c2)cc1. The summed E-state index contributed by atoms with van der Waals surface area (Å²) in [5.41, 5.74) is 3.34. The van der Waals surface area contributed by atoms with E-state index in [1.165, 1.54) is 5.56 Å². The highest BCUT2D eigenvalue weighted by Crippen LogP contribution is 2.18. The molecule has 1 aromatic carbocycles. The minimum atomic E-state index is -0.453. The summed E-state index contributed by atoms with van der Waals surface area (Å²) in [6.45, 7) is 5.04. The van der Waals surface area contributed by atoms with Crippen LogP contribution in [0.2, 0.25) is 0 Å². The Hall–Kier alpha value is -1.61. The molecule has 1 atom stereocenters. The summed E-state index contributed by atoms with van der Waals surface area (Å²) >= 11 is 0. The van der Waals surface area contributed by atoms with E-state index in [9.17, 15) is 5.11 Å². The fourth-order valence-corrected chi connectivity index (χ4v) is 2.00. The van der Waals surface area contributed by atoms with Crippen LogP contribution in [-0.2, 0) is 19.4 Å². The Bertz CT molecular complexity index is 487. The predicted octanol–water partition coefficient (Wildman–Crippen LogP) is 2.74. The molecular formula is C15H20N2O. The molecule has 0 bridgehead atoms. The molecule has 0 aliphatic rings. The third-order valence-corrected chi connectivity index (χ3v) is 3.21. The highest BCUT2D eigenvalue weighted by molar-refractivity contribution is 5.25. The van der Waals surface area contributed by atoms with Gasteiger partial charge >= 0.3 is 0 Å². The minimum absolute atomic E-state index is 0.453. The number of hydrogen-bond acceptors (Lipinski definition) is 2. The molecule has 1 aromatic heterocycles. The first kappa shape index (κ1) is 12.8. The van der Waals surface area contributed by atoms with E-state index in [2.05, 4.69) is 31.1 Å². The van der Waals surface area contributed by atoms with E-state index >= 15 is 0 Å². The van der Waals surface area contributed by atoms with Gasteiger partial charge in [-0.1, -0.05) is 31.2 Å². The molecular weight excluding hydrogens is 224 g/mol. The Kier molecular flexibility index (Phi) is 4.15. The van der Waals surface area contributed by atoms with E-state index in [1.807, 2.05) is 29.2 Å². The lowest BCUT2D eigenvalue weighted by molar-refractivity contribution is 0.178. The van der Waals surface area contributed by atoms with Crippen LogP contribution in [0.3, 0.4) is 0 Å². The lowest BCUT2D eigenvalue weighted by Gasteiger charge is -2.10. The van der Waals surface area contributed by atoms with Crippen molar-refractivity contribution >= 4 is 0 Å². The van der Waals surface area contributed by atoms with E-state index in [0.717, 1.165) is 24.1 Å². The van der Waals surface area contributed by atoms with Crippen LogP contribution in [-0.4, -0.2) is 14.9 Å². The van der Waals surface area contributed by atoms with Crippen LogP contribution in [0.4, 0.5) is 0 Å². The first-order valence-corrected chi connectivity index (χ1v) is 6.51. The molecule has 1 heterocycles. The van der Waals surface area contributed by atoms with Gasteiger partial charge in [-0.15, -0.1) is 0 Å². The van der Waals surface area contributed by atoms with Gasteiger partial charge in [0.2, 0.25) is 0 Å². The fraction of sp³-hybridized carbons (Fsp3) is 0.400. The average molecular weight is 244 g/mol. The minimum Gasteiger partial charge on any atom is -0.388 e. The third kappa shape index (κ3) is 2.99. The molecule has 2 aromatic rings.